The Kier molecular flexibility index (Phi) is 5.55. The van der Waals surface area contributed by atoms with E-state index in [1.807, 2.05) is 26.8 Å². The zero-order chi connectivity index (χ0) is 18.9. The van der Waals surface area contributed by atoms with E-state index in [0.29, 0.717) is 0 Å². The van der Waals surface area contributed by atoms with Gasteiger partial charge < -0.3 is 5.73 Å². The Morgan fingerprint density at radius 2 is 1.64 bits per heavy atom. The van der Waals surface area contributed by atoms with Crippen molar-refractivity contribution in [1.82, 2.24) is 0 Å². The van der Waals surface area contributed by atoms with Crippen molar-refractivity contribution in [2.24, 2.45) is 11.7 Å². The molecule has 0 aromatic heterocycles. The van der Waals surface area contributed by atoms with Crippen LogP contribution in [0.3, 0.4) is 0 Å². The molecule has 25 heavy (non-hydrogen) atoms. The quantitative estimate of drug-likeness (QED) is 0.830. The molecular formula is C20H25NO4. The number of carbonyl (C=O) groups excluding carboxylic acids is 4. The summed E-state index contributed by atoms with van der Waals surface area (Å²) in [6.07, 6.45) is 0.695. The summed E-state index contributed by atoms with van der Waals surface area (Å²) in [5.74, 6) is -2.61. The Hall–Kier alpha value is -2.30. The van der Waals surface area contributed by atoms with Gasteiger partial charge in [0.2, 0.25) is 5.91 Å². The number of ketones is 3. The zero-order valence-electron chi connectivity index (χ0n) is 15.3. The highest BCUT2D eigenvalue weighted by Crippen LogP contribution is 2.37. The van der Waals surface area contributed by atoms with Crippen molar-refractivity contribution in [3.8, 4) is 0 Å². The normalized spacial score (nSPS) is 20.6. The van der Waals surface area contributed by atoms with Crippen molar-refractivity contribution in [2.45, 2.75) is 59.3 Å². The maximum atomic E-state index is 12.4. The van der Waals surface area contributed by atoms with Crippen LogP contribution in [0, 0.1) is 26.7 Å². The van der Waals surface area contributed by atoms with Crippen LogP contribution in [-0.2, 0) is 25.6 Å². The summed E-state index contributed by atoms with van der Waals surface area (Å²) in [5, 5.41) is 0. The summed E-state index contributed by atoms with van der Waals surface area (Å²) < 4.78 is 0. The Balaban J connectivity index is 2.43. The van der Waals surface area contributed by atoms with Gasteiger partial charge in [0.25, 0.3) is 0 Å². The molecule has 5 nitrogen and oxygen atoms in total. The molecule has 1 aromatic carbocycles. The molecule has 1 amide bonds. The highest BCUT2D eigenvalue weighted by atomic mass is 16.2. The van der Waals surface area contributed by atoms with E-state index in [0.717, 1.165) is 27.8 Å². The lowest BCUT2D eigenvalue weighted by atomic mass is 9.72. The van der Waals surface area contributed by atoms with Gasteiger partial charge in [-0.15, -0.1) is 0 Å². The van der Waals surface area contributed by atoms with Gasteiger partial charge in [-0.3, -0.25) is 19.2 Å². The first kappa shape index (κ1) is 19.0. The standard InChI is InChI=1S/C20H25NO4/c1-5-15(22)20-16(23)7-13(8-17(20)24)19-11(3)6-10(2)14(12(19)4)9-18(21)25/h6,13,20H,5,7-9H2,1-4H3,(H2,21,25). The summed E-state index contributed by atoms with van der Waals surface area (Å²) in [6, 6.07) is 1.97. The fraction of sp³-hybridized carbons (Fsp3) is 0.500. The van der Waals surface area contributed by atoms with Crippen LogP contribution in [0.5, 0.6) is 0 Å². The molecule has 134 valence electrons. The molecule has 0 heterocycles. The summed E-state index contributed by atoms with van der Waals surface area (Å²) in [7, 11) is 0. The van der Waals surface area contributed by atoms with Crippen LogP contribution in [0.1, 0.15) is 59.9 Å². The van der Waals surface area contributed by atoms with Crippen molar-refractivity contribution < 1.29 is 19.2 Å². The minimum Gasteiger partial charge on any atom is -0.369 e. The number of carbonyl (C=O) groups is 4. The number of benzene rings is 1. The van der Waals surface area contributed by atoms with Crippen LogP contribution in [0.15, 0.2) is 6.07 Å². The Morgan fingerprint density at radius 3 is 2.12 bits per heavy atom. The molecule has 0 aliphatic heterocycles. The third-order valence-corrected chi connectivity index (χ3v) is 5.16. The van der Waals surface area contributed by atoms with Crippen LogP contribution in [-0.4, -0.2) is 23.3 Å². The topological polar surface area (TPSA) is 94.3 Å². The minimum atomic E-state index is -1.09. The molecule has 1 aromatic rings. The Morgan fingerprint density at radius 1 is 1.08 bits per heavy atom. The second kappa shape index (κ2) is 7.30. The van der Waals surface area contributed by atoms with E-state index < -0.39 is 11.8 Å². The van der Waals surface area contributed by atoms with E-state index in [-0.39, 0.29) is 49.0 Å². The number of aryl methyl sites for hydroxylation is 2. The first-order valence-corrected chi connectivity index (χ1v) is 8.63. The van der Waals surface area contributed by atoms with Crippen molar-refractivity contribution in [1.29, 1.82) is 0 Å². The molecule has 0 atom stereocenters. The van der Waals surface area contributed by atoms with Gasteiger partial charge in [-0.2, -0.15) is 0 Å². The largest absolute Gasteiger partial charge is 0.369 e. The highest BCUT2D eigenvalue weighted by Gasteiger charge is 2.40. The number of hydrogen-bond donors (Lipinski definition) is 1. The first-order chi connectivity index (χ1) is 11.7. The summed E-state index contributed by atoms with van der Waals surface area (Å²) in [6.45, 7) is 7.45. The number of Topliss-reactive ketones (excluding diaryl/α,β-unsaturated/α-hetero) is 3. The van der Waals surface area contributed by atoms with Gasteiger partial charge in [0.1, 0.15) is 5.92 Å². The van der Waals surface area contributed by atoms with E-state index in [9.17, 15) is 19.2 Å². The molecule has 0 radical (unpaired) electrons. The predicted octanol–water partition coefficient (Wildman–Crippen LogP) is 2.25. The van der Waals surface area contributed by atoms with E-state index >= 15 is 0 Å². The molecule has 5 heteroatoms. The number of rotatable bonds is 5. The number of nitrogens with two attached hydrogens (primary N) is 1. The van der Waals surface area contributed by atoms with Crippen molar-refractivity contribution in [3.63, 3.8) is 0 Å². The molecule has 0 spiro atoms. The van der Waals surface area contributed by atoms with Gasteiger partial charge in [0.05, 0.1) is 6.42 Å². The molecule has 1 fully saturated rings. The summed E-state index contributed by atoms with van der Waals surface area (Å²) >= 11 is 0. The second-order valence-corrected chi connectivity index (χ2v) is 6.96. The molecule has 0 saturated heterocycles. The van der Waals surface area contributed by atoms with Crippen LogP contribution < -0.4 is 5.73 Å². The number of hydrogen-bond acceptors (Lipinski definition) is 4. The third kappa shape index (κ3) is 3.70. The third-order valence-electron chi connectivity index (χ3n) is 5.16. The van der Waals surface area contributed by atoms with Crippen molar-refractivity contribution >= 4 is 23.3 Å². The average molecular weight is 343 g/mol. The van der Waals surface area contributed by atoms with Gasteiger partial charge in [-0.05, 0) is 54.5 Å². The number of primary amides is 1. The summed E-state index contributed by atoms with van der Waals surface area (Å²) in [5.41, 5.74) is 10.0. The Labute approximate surface area is 148 Å². The van der Waals surface area contributed by atoms with Gasteiger partial charge in [-0.1, -0.05) is 13.0 Å². The van der Waals surface area contributed by atoms with E-state index in [2.05, 4.69) is 0 Å². The average Bonchev–Trinajstić information content (AvgIpc) is 2.50. The zero-order valence-corrected chi connectivity index (χ0v) is 15.3. The van der Waals surface area contributed by atoms with Gasteiger partial charge in [-0.25, -0.2) is 0 Å². The van der Waals surface area contributed by atoms with Crippen LogP contribution in [0.2, 0.25) is 0 Å². The van der Waals surface area contributed by atoms with Crippen molar-refractivity contribution in [3.05, 3.63) is 33.9 Å². The molecule has 2 N–H and O–H groups in total. The highest BCUT2D eigenvalue weighted by molar-refractivity contribution is 6.20. The lowest BCUT2D eigenvalue weighted by Gasteiger charge is -2.29. The van der Waals surface area contributed by atoms with E-state index in [1.54, 1.807) is 6.92 Å². The lowest BCUT2D eigenvalue weighted by molar-refractivity contribution is -0.142. The van der Waals surface area contributed by atoms with E-state index in [4.69, 9.17) is 5.73 Å². The molecule has 2 rings (SSSR count). The van der Waals surface area contributed by atoms with Crippen LogP contribution in [0.4, 0.5) is 0 Å². The molecule has 0 unspecified atom stereocenters. The number of amides is 1. The van der Waals surface area contributed by atoms with E-state index in [1.165, 1.54) is 0 Å². The molecule has 1 aliphatic carbocycles. The second-order valence-electron chi connectivity index (χ2n) is 6.96. The predicted molar refractivity (Wildman–Crippen MR) is 94.3 cm³/mol. The summed E-state index contributed by atoms with van der Waals surface area (Å²) in [4.78, 5) is 48.1. The van der Waals surface area contributed by atoms with Gasteiger partial charge >= 0.3 is 0 Å². The van der Waals surface area contributed by atoms with Gasteiger partial charge in [0.15, 0.2) is 17.3 Å². The lowest BCUT2D eigenvalue weighted by Crippen LogP contribution is -2.38. The fourth-order valence-corrected chi connectivity index (χ4v) is 4.06. The monoisotopic (exact) mass is 343 g/mol. The fourth-order valence-electron chi connectivity index (χ4n) is 4.06. The molecular weight excluding hydrogens is 318 g/mol. The smallest absolute Gasteiger partial charge is 0.221 e. The molecule has 1 saturated carbocycles. The Bertz CT molecular complexity index is 745. The molecule has 0 bridgehead atoms. The maximum Gasteiger partial charge on any atom is 0.221 e. The van der Waals surface area contributed by atoms with Crippen LogP contribution >= 0.6 is 0 Å². The minimum absolute atomic E-state index is 0.135. The molecule has 1 aliphatic rings. The van der Waals surface area contributed by atoms with Crippen LogP contribution in [0.25, 0.3) is 0 Å². The van der Waals surface area contributed by atoms with Gasteiger partial charge in [0, 0.05) is 19.3 Å². The first-order valence-electron chi connectivity index (χ1n) is 8.63. The maximum absolute atomic E-state index is 12.4. The SMILES string of the molecule is CCC(=O)C1C(=O)CC(c2c(C)cc(C)c(CC(N)=O)c2C)CC1=O. The van der Waals surface area contributed by atoms with Crippen molar-refractivity contribution in [2.75, 3.05) is 0 Å².